The molecule has 3 aromatic rings. The minimum absolute atomic E-state index is 0.0617. The van der Waals surface area contributed by atoms with E-state index in [1.54, 1.807) is 30.2 Å². The van der Waals surface area contributed by atoms with Gasteiger partial charge in [0.1, 0.15) is 18.1 Å². The first kappa shape index (κ1) is 26.3. The van der Waals surface area contributed by atoms with E-state index < -0.39 is 5.82 Å². The Kier molecular flexibility index (Phi) is 7.64. The molecule has 3 aromatic carbocycles. The van der Waals surface area contributed by atoms with Gasteiger partial charge in [-0.25, -0.2) is 9.38 Å². The summed E-state index contributed by atoms with van der Waals surface area (Å²) in [6, 6.07) is 17.7. The second-order valence-corrected chi connectivity index (χ2v) is 10.8. The van der Waals surface area contributed by atoms with Gasteiger partial charge in [0.05, 0.1) is 12.0 Å². The van der Waals surface area contributed by atoms with E-state index in [1.165, 1.54) is 17.8 Å². The molecule has 7 nitrogen and oxygen atoms in total. The van der Waals surface area contributed by atoms with Crippen LogP contribution in [0.25, 0.3) is 6.08 Å². The summed E-state index contributed by atoms with van der Waals surface area (Å²) in [7, 11) is 1.58. The highest BCUT2D eigenvalue weighted by Gasteiger charge is 2.38. The number of hydrogen-bond donors (Lipinski definition) is 0. The number of amidine groups is 1. The van der Waals surface area contributed by atoms with Crippen LogP contribution in [0.3, 0.4) is 0 Å². The van der Waals surface area contributed by atoms with E-state index in [0.29, 0.717) is 33.9 Å². The monoisotopic (exact) mass is 560 g/mol. The molecular formula is C31H29FN2O5S. The van der Waals surface area contributed by atoms with Crippen molar-refractivity contribution in [1.29, 1.82) is 0 Å². The maximum absolute atomic E-state index is 14.4. The lowest BCUT2D eigenvalue weighted by Gasteiger charge is -2.30. The number of para-hydroxylation sites is 1. The fraction of sp³-hybridized carbons (Fsp3) is 0.290. The molecule has 1 aliphatic carbocycles. The number of hydrogen-bond acceptors (Lipinski definition) is 7. The van der Waals surface area contributed by atoms with Crippen LogP contribution in [0.4, 0.5) is 10.1 Å². The Hall–Kier alpha value is -3.98. The summed E-state index contributed by atoms with van der Waals surface area (Å²) in [4.78, 5) is 20.5. The minimum Gasteiger partial charge on any atom is -0.493 e. The van der Waals surface area contributed by atoms with E-state index >= 15 is 0 Å². The van der Waals surface area contributed by atoms with Crippen LogP contribution in [0.2, 0.25) is 0 Å². The highest BCUT2D eigenvalue weighted by molar-refractivity contribution is 8.18. The number of amides is 1. The van der Waals surface area contributed by atoms with Crippen molar-refractivity contribution in [3.05, 3.63) is 82.5 Å². The topological polar surface area (TPSA) is 69.6 Å². The van der Waals surface area contributed by atoms with Crippen molar-refractivity contribution in [1.82, 2.24) is 4.90 Å². The van der Waals surface area contributed by atoms with E-state index in [4.69, 9.17) is 18.9 Å². The smallest absolute Gasteiger partial charge is 0.267 e. The lowest BCUT2D eigenvalue weighted by Crippen LogP contribution is -2.40. The van der Waals surface area contributed by atoms with Gasteiger partial charge < -0.3 is 18.9 Å². The zero-order valence-electron chi connectivity index (χ0n) is 22.1. The molecule has 2 aliphatic heterocycles. The summed E-state index contributed by atoms with van der Waals surface area (Å²) in [6.45, 7) is 0.550. The average Bonchev–Trinajstić information content (AvgIpc) is 3.57. The van der Waals surface area contributed by atoms with Gasteiger partial charge in [-0.15, -0.1) is 0 Å². The van der Waals surface area contributed by atoms with Gasteiger partial charge >= 0.3 is 0 Å². The average molecular weight is 561 g/mol. The van der Waals surface area contributed by atoms with Crippen LogP contribution >= 0.6 is 11.8 Å². The highest BCUT2D eigenvalue weighted by atomic mass is 32.2. The van der Waals surface area contributed by atoms with Gasteiger partial charge in [-0.2, -0.15) is 0 Å². The fourth-order valence-corrected chi connectivity index (χ4v) is 6.16. The Bertz CT molecular complexity index is 1480. The minimum atomic E-state index is -0.412. The van der Waals surface area contributed by atoms with E-state index in [0.717, 1.165) is 49.0 Å². The van der Waals surface area contributed by atoms with Crippen molar-refractivity contribution in [2.45, 2.75) is 44.8 Å². The Morgan fingerprint density at radius 2 is 1.85 bits per heavy atom. The van der Waals surface area contributed by atoms with E-state index in [1.807, 2.05) is 42.5 Å². The fourth-order valence-electron chi connectivity index (χ4n) is 5.11. The van der Waals surface area contributed by atoms with Gasteiger partial charge in [0.2, 0.25) is 6.79 Å². The van der Waals surface area contributed by atoms with Crippen molar-refractivity contribution >= 4 is 34.6 Å². The third-order valence-corrected chi connectivity index (χ3v) is 8.15. The molecule has 206 valence electrons. The first-order valence-corrected chi connectivity index (χ1v) is 14.2. The second kappa shape index (κ2) is 11.6. The van der Waals surface area contributed by atoms with Crippen LogP contribution in [0.15, 0.2) is 70.6 Å². The number of benzene rings is 3. The summed E-state index contributed by atoms with van der Waals surface area (Å²) < 4.78 is 36.9. The zero-order chi connectivity index (χ0) is 27.5. The number of fused-ring (bicyclic) bond motifs is 1. The van der Waals surface area contributed by atoms with Gasteiger partial charge in [0.25, 0.3) is 5.91 Å². The molecule has 6 rings (SSSR count). The van der Waals surface area contributed by atoms with E-state index in [2.05, 4.69) is 4.99 Å². The second-order valence-electron chi connectivity index (χ2n) is 9.81. The van der Waals surface area contributed by atoms with Crippen LogP contribution < -0.4 is 18.9 Å². The predicted molar refractivity (Wildman–Crippen MR) is 153 cm³/mol. The number of carbonyl (C=O) groups excluding carboxylic acids is 1. The molecule has 0 radical (unpaired) electrons. The summed E-state index contributed by atoms with van der Waals surface area (Å²) in [5.74, 6) is 2.05. The maximum Gasteiger partial charge on any atom is 0.267 e. The van der Waals surface area contributed by atoms with Crippen LogP contribution in [-0.2, 0) is 11.4 Å². The quantitative estimate of drug-likeness (QED) is 0.288. The molecule has 9 heteroatoms. The molecule has 0 aromatic heterocycles. The summed E-state index contributed by atoms with van der Waals surface area (Å²) >= 11 is 1.28. The molecule has 1 saturated carbocycles. The molecule has 1 saturated heterocycles. The van der Waals surface area contributed by atoms with Gasteiger partial charge in [-0.1, -0.05) is 43.5 Å². The molecule has 0 spiro atoms. The zero-order valence-corrected chi connectivity index (χ0v) is 22.9. The lowest BCUT2D eigenvalue weighted by atomic mass is 9.94. The number of nitrogens with zero attached hydrogens (tertiary/aromatic N) is 2. The van der Waals surface area contributed by atoms with Crippen molar-refractivity contribution in [3.8, 4) is 23.0 Å². The molecule has 0 atom stereocenters. The van der Waals surface area contributed by atoms with Crippen molar-refractivity contribution in [2.75, 3.05) is 13.9 Å². The number of ether oxygens (including phenoxy) is 4. The van der Waals surface area contributed by atoms with Crippen molar-refractivity contribution in [2.24, 2.45) is 4.99 Å². The van der Waals surface area contributed by atoms with Gasteiger partial charge in [-0.3, -0.25) is 9.69 Å². The standard InChI is InChI=1S/C31H29FN2O5S/c1-36-27-15-20(11-13-25(27)37-18-21-12-14-26-28(16-21)39-19-38-26)17-29-30(35)34(22-7-3-2-4-8-22)31(40-29)33-24-10-6-5-9-23(24)32/h5-6,9-17,22H,2-4,7-8,18-19H2,1H3/b29-17-,33-31?. The summed E-state index contributed by atoms with van der Waals surface area (Å²) in [5.41, 5.74) is 1.96. The molecule has 40 heavy (non-hydrogen) atoms. The molecule has 3 aliphatic rings. The molecule has 0 unspecified atom stereocenters. The van der Waals surface area contributed by atoms with Crippen LogP contribution in [0, 0.1) is 5.82 Å². The number of thioether (sulfide) groups is 1. The van der Waals surface area contributed by atoms with E-state index in [-0.39, 0.29) is 24.4 Å². The molecule has 2 heterocycles. The molecular weight excluding hydrogens is 531 g/mol. The number of rotatable bonds is 7. The first-order valence-electron chi connectivity index (χ1n) is 13.3. The van der Waals surface area contributed by atoms with Crippen LogP contribution in [0.1, 0.15) is 43.2 Å². The van der Waals surface area contributed by atoms with Gasteiger partial charge in [-0.05, 0) is 78.2 Å². The number of aliphatic imine (C=N–C) groups is 1. The normalized spacial score (nSPS) is 19.1. The number of halogens is 1. The Labute approximate surface area is 236 Å². The van der Waals surface area contributed by atoms with Crippen molar-refractivity contribution < 1.29 is 28.1 Å². The lowest BCUT2D eigenvalue weighted by molar-refractivity contribution is -0.124. The van der Waals surface area contributed by atoms with Gasteiger partial charge in [0.15, 0.2) is 28.2 Å². The Balaban J connectivity index is 1.24. The number of carbonyl (C=O) groups is 1. The van der Waals surface area contributed by atoms with E-state index in [9.17, 15) is 9.18 Å². The summed E-state index contributed by atoms with van der Waals surface area (Å²) in [6.07, 6.45) is 6.96. The third kappa shape index (κ3) is 5.51. The SMILES string of the molecule is COc1cc(/C=C2\SC(=Nc3ccccc3F)N(C3CCCCC3)C2=O)ccc1OCc1ccc2c(c1)OCO2. The van der Waals surface area contributed by atoms with Crippen LogP contribution in [0.5, 0.6) is 23.0 Å². The van der Waals surface area contributed by atoms with Crippen molar-refractivity contribution in [3.63, 3.8) is 0 Å². The largest absolute Gasteiger partial charge is 0.493 e. The molecule has 0 bridgehead atoms. The summed E-state index contributed by atoms with van der Waals surface area (Å²) in [5, 5.41) is 0.517. The van der Waals surface area contributed by atoms with Crippen LogP contribution in [-0.4, -0.2) is 35.9 Å². The molecule has 2 fully saturated rings. The van der Waals surface area contributed by atoms with Gasteiger partial charge in [0, 0.05) is 6.04 Å². The molecule has 0 N–H and O–H groups in total. The first-order chi connectivity index (χ1) is 19.6. The molecule has 1 amide bonds. The predicted octanol–water partition coefficient (Wildman–Crippen LogP) is 7.08. The number of methoxy groups -OCH3 is 1. The maximum atomic E-state index is 14.4. The third-order valence-electron chi connectivity index (χ3n) is 7.16. The Morgan fingerprint density at radius 1 is 1.02 bits per heavy atom. The highest BCUT2D eigenvalue weighted by Crippen LogP contribution is 2.40. The Morgan fingerprint density at radius 3 is 2.67 bits per heavy atom.